The van der Waals surface area contributed by atoms with Crippen molar-refractivity contribution in [1.29, 1.82) is 0 Å². The Bertz CT molecular complexity index is 202. The highest BCUT2D eigenvalue weighted by molar-refractivity contribution is 6.08. The molecule has 0 radical (unpaired) electrons. The largest absolute Gasteiger partial charge is 0.431 e. The smallest absolute Gasteiger partial charge is 0.385 e. The predicted molar refractivity (Wildman–Crippen MR) is 29.7 cm³/mol. The normalized spacial score (nSPS) is 18.7. The molecule has 0 saturated carbocycles. The molecule has 0 saturated heterocycles. The quantitative estimate of drug-likeness (QED) is 0.543. The van der Waals surface area contributed by atoms with Crippen LogP contribution in [0.5, 0.6) is 0 Å². The first-order valence-electron chi connectivity index (χ1n) is 2.46. The Kier molecular flexibility index (Phi) is 1.38. The third-order valence-electron chi connectivity index (χ3n) is 0.975. The molecule has 1 heterocycles. The van der Waals surface area contributed by atoms with Crippen molar-refractivity contribution in [3.05, 3.63) is 0 Å². The number of hydrogen-bond donors (Lipinski definition) is 1. The Balaban J connectivity index is 2.66. The molecule has 10 heavy (non-hydrogen) atoms. The van der Waals surface area contributed by atoms with Gasteiger partial charge in [0.05, 0.1) is 6.42 Å². The van der Waals surface area contributed by atoms with Gasteiger partial charge in [-0.25, -0.2) is 0 Å². The number of halogens is 3. The molecule has 0 unspecified atom stereocenters. The number of alkyl halides is 3. The number of nitrogens with two attached hydrogens (primary N) is 1. The van der Waals surface area contributed by atoms with E-state index in [4.69, 9.17) is 5.73 Å². The van der Waals surface area contributed by atoms with Crippen LogP contribution < -0.4 is 5.73 Å². The lowest BCUT2D eigenvalue weighted by Gasteiger charge is -2.02. The summed E-state index contributed by atoms with van der Waals surface area (Å²) >= 11 is 0. The van der Waals surface area contributed by atoms with Gasteiger partial charge in [0.1, 0.15) is 5.84 Å². The standard InChI is InChI=1S/C4H4F3N3/c5-4(6,7)2-1-3(8)10-9-2/h1H2,(H2,8,10). The van der Waals surface area contributed by atoms with Gasteiger partial charge in [-0.15, -0.1) is 10.2 Å². The highest BCUT2D eigenvalue weighted by Gasteiger charge is 2.37. The summed E-state index contributed by atoms with van der Waals surface area (Å²) in [4.78, 5) is 0. The molecule has 0 aliphatic carbocycles. The first-order chi connectivity index (χ1) is 4.50. The van der Waals surface area contributed by atoms with Gasteiger partial charge in [-0.1, -0.05) is 0 Å². The zero-order chi connectivity index (χ0) is 7.78. The van der Waals surface area contributed by atoms with Crippen LogP contribution >= 0.6 is 0 Å². The number of nitrogens with zero attached hydrogens (tertiary/aromatic N) is 2. The van der Waals surface area contributed by atoms with Crippen LogP contribution in [0.25, 0.3) is 0 Å². The third kappa shape index (κ3) is 1.26. The molecule has 0 aromatic heterocycles. The van der Waals surface area contributed by atoms with Gasteiger partial charge in [-0.2, -0.15) is 13.2 Å². The molecule has 0 aromatic rings. The van der Waals surface area contributed by atoms with Crippen molar-refractivity contribution in [2.24, 2.45) is 15.9 Å². The van der Waals surface area contributed by atoms with E-state index < -0.39 is 11.9 Å². The van der Waals surface area contributed by atoms with E-state index in [1.165, 1.54) is 0 Å². The fraction of sp³-hybridized carbons (Fsp3) is 0.500. The topological polar surface area (TPSA) is 50.7 Å². The van der Waals surface area contributed by atoms with Crippen LogP contribution in [0.4, 0.5) is 13.2 Å². The van der Waals surface area contributed by atoms with Crippen molar-refractivity contribution in [3.63, 3.8) is 0 Å². The molecular weight excluding hydrogens is 147 g/mol. The molecule has 0 aromatic carbocycles. The second-order valence-electron chi connectivity index (χ2n) is 1.81. The summed E-state index contributed by atoms with van der Waals surface area (Å²) in [5, 5.41) is 5.89. The van der Waals surface area contributed by atoms with Crippen LogP contribution in [0.1, 0.15) is 6.42 Å². The molecule has 6 heteroatoms. The molecule has 0 atom stereocenters. The minimum atomic E-state index is -4.38. The summed E-state index contributed by atoms with van der Waals surface area (Å²) in [6, 6.07) is 0. The maximum absolute atomic E-state index is 11.7. The lowest BCUT2D eigenvalue weighted by molar-refractivity contribution is -0.0596. The highest BCUT2D eigenvalue weighted by atomic mass is 19.4. The van der Waals surface area contributed by atoms with Crippen molar-refractivity contribution >= 4 is 11.5 Å². The minimum absolute atomic E-state index is 0.0904. The lowest BCUT2D eigenvalue weighted by Crippen LogP contribution is -2.24. The first kappa shape index (κ1) is 7.04. The van der Waals surface area contributed by atoms with E-state index >= 15 is 0 Å². The summed E-state index contributed by atoms with van der Waals surface area (Å²) in [7, 11) is 0. The number of rotatable bonds is 0. The summed E-state index contributed by atoms with van der Waals surface area (Å²) in [5.41, 5.74) is 4.03. The van der Waals surface area contributed by atoms with Gasteiger partial charge < -0.3 is 5.73 Å². The molecular formula is C4H4F3N3. The average molecular weight is 151 g/mol. The molecule has 0 bridgehead atoms. The van der Waals surface area contributed by atoms with Crippen LogP contribution in [-0.2, 0) is 0 Å². The van der Waals surface area contributed by atoms with Gasteiger partial charge in [-0.3, -0.25) is 0 Å². The van der Waals surface area contributed by atoms with Gasteiger partial charge in [0, 0.05) is 0 Å². The van der Waals surface area contributed by atoms with Crippen LogP contribution in [0.2, 0.25) is 0 Å². The van der Waals surface area contributed by atoms with E-state index in [-0.39, 0.29) is 12.3 Å². The number of amidine groups is 1. The van der Waals surface area contributed by atoms with Crippen molar-refractivity contribution in [2.45, 2.75) is 12.6 Å². The Morgan fingerprint density at radius 2 is 1.90 bits per heavy atom. The van der Waals surface area contributed by atoms with Crippen LogP contribution in [0, 0.1) is 0 Å². The summed E-state index contributed by atoms with van der Waals surface area (Å²) in [5.74, 6) is -0.0904. The van der Waals surface area contributed by atoms with E-state index in [0.29, 0.717) is 0 Å². The Labute approximate surface area is 54.4 Å². The van der Waals surface area contributed by atoms with Crippen molar-refractivity contribution in [1.82, 2.24) is 0 Å². The van der Waals surface area contributed by atoms with Crippen molar-refractivity contribution in [3.8, 4) is 0 Å². The van der Waals surface area contributed by atoms with Crippen molar-refractivity contribution in [2.75, 3.05) is 0 Å². The highest BCUT2D eigenvalue weighted by Crippen LogP contribution is 2.21. The van der Waals surface area contributed by atoms with E-state index in [0.717, 1.165) is 0 Å². The number of hydrogen-bond acceptors (Lipinski definition) is 3. The predicted octanol–water partition coefficient (Wildman–Crippen LogP) is 0.666. The van der Waals surface area contributed by atoms with E-state index in [9.17, 15) is 13.2 Å². The molecule has 56 valence electrons. The summed E-state index contributed by atoms with van der Waals surface area (Å²) < 4.78 is 35.0. The Morgan fingerprint density at radius 1 is 1.30 bits per heavy atom. The molecule has 0 spiro atoms. The molecule has 1 aliphatic heterocycles. The van der Waals surface area contributed by atoms with Crippen LogP contribution in [0.15, 0.2) is 10.2 Å². The van der Waals surface area contributed by atoms with Crippen LogP contribution in [-0.4, -0.2) is 17.7 Å². The van der Waals surface area contributed by atoms with Crippen molar-refractivity contribution < 1.29 is 13.2 Å². The van der Waals surface area contributed by atoms with Gasteiger partial charge in [0.15, 0.2) is 5.71 Å². The van der Waals surface area contributed by atoms with Gasteiger partial charge >= 0.3 is 6.18 Å². The van der Waals surface area contributed by atoms with Gasteiger partial charge in [0.25, 0.3) is 0 Å². The zero-order valence-corrected chi connectivity index (χ0v) is 4.81. The maximum atomic E-state index is 11.7. The van der Waals surface area contributed by atoms with Crippen LogP contribution in [0.3, 0.4) is 0 Å². The molecule has 3 nitrogen and oxygen atoms in total. The molecule has 0 fully saturated rings. The summed E-state index contributed by atoms with van der Waals surface area (Å²) in [6.45, 7) is 0. The fourth-order valence-electron chi connectivity index (χ4n) is 0.524. The van der Waals surface area contributed by atoms with Gasteiger partial charge in [-0.05, 0) is 0 Å². The molecule has 1 aliphatic rings. The monoisotopic (exact) mass is 151 g/mol. The zero-order valence-electron chi connectivity index (χ0n) is 4.81. The molecule has 1 rings (SSSR count). The summed E-state index contributed by atoms with van der Waals surface area (Å²) in [6.07, 6.45) is -4.77. The Hall–Kier alpha value is -1.07. The molecule has 0 amide bonds. The SMILES string of the molecule is NC1=NN=C(C(F)(F)F)C1. The second-order valence-corrected chi connectivity index (χ2v) is 1.81. The second kappa shape index (κ2) is 1.96. The fourth-order valence-corrected chi connectivity index (χ4v) is 0.524. The average Bonchev–Trinajstić information content (AvgIpc) is 2.11. The lowest BCUT2D eigenvalue weighted by atomic mass is 10.2. The third-order valence-corrected chi connectivity index (χ3v) is 0.975. The van der Waals surface area contributed by atoms with Gasteiger partial charge in [0.2, 0.25) is 0 Å². The van der Waals surface area contributed by atoms with E-state index in [1.807, 2.05) is 0 Å². The molecule has 2 N–H and O–H groups in total. The van der Waals surface area contributed by atoms with E-state index in [2.05, 4.69) is 10.2 Å². The van der Waals surface area contributed by atoms with E-state index in [1.54, 1.807) is 0 Å². The maximum Gasteiger partial charge on any atom is 0.431 e. The first-order valence-corrected chi connectivity index (χ1v) is 2.46. The minimum Gasteiger partial charge on any atom is -0.385 e. The Morgan fingerprint density at radius 3 is 2.10 bits per heavy atom.